The Morgan fingerprint density at radius 3 is 2.49 bits per heavy atom. The molecule has 0 saturated carbocycles. The molecule has 6 rings (SSSR count). The summed E-state index contributed by atoms with van der Waals surface area (Å²) >= 11 is 0. The van der Waals surface area contributed by atoms with Crippen molar-refractivity contribution >= 4 is 17.2 Å². The third-order valence-corrected chi connectivity index (χ3v) is 6.75. The second-order valence-electron chi connectivity index (χ2n) is 9.28. The average molecular weight is 488 g/mol. The normalized spacial score (nSPS) is 13.3. The molecule has 0 saturated heterocycles. The second kappa shape index (κ2) is 9.72. The number of nitrogens with zero attached hydrogens (tertiary/aromatic N) is 5. The number of aromatic amines is 1. The highest BCUT2D eigenvalue weighted by Gasteiger charge is 2.25. The molecule has 0 bridgehead atoms. The minimum atomic E-state index is -0.157. The van der Waals surface area contributed by atoms with E-state index in [0.717, 1.165) is 30.9 Å². The van der Waals surface area contributed by atoms with E-state index >= 15 is 0 Å². The number of aromatic nitrogens is 4. The fraction of sp³-hybridized carbons (Fsp3) is 0.172. The van der Waals surface area contributed by atoms with Crippen LogP contribution in [0.1, 0.15) is 33.5 Å². The summed E-state index contributed by atoms with van der Waals surface area (Å²) in [6, 6.07) is 24.5. The molecule has 0 fully saturated rings. The summed E-state index contributed by atoms with van der Waals surface area (Å²) in [5.74, 6) is 0.456. The maximum Gasteiger partial charge on any atom is 0.277 e. The molecule has 8 heteroatoms. The predicted molar refractivity (Wildman–Crippen MR) is 142 cm³/mol. The van der Waals surface area contributed by atoms with Crippen molar-refractivity contribution in [1.29, 1.82) is 5.26 Å². The number of hydrogen-bond acceptors (Lipinski definition) is 6. The van der Waals surface area contributed by atoms with Gasteiger partial charge in [-0.15, -0.1) is 0 Å². The third kappa shape index (κ3) is 4.60. The molecule has 2 aromatic carbocycles. The topological polar surface area (TPSA) is 102 Å². The Balaban J connectivity index is 1.26. The Hall–Kier alpha value is -4.74. The van der Waals surface area contributed by atoms with Gasteiger partial charge in [-0.1, -0.05) is 42.5 Å². The molecule has 0 radical (unpaired) electrons. The van der Waals surface area contributed by atoms with E-state index in [-0.39, 0.29) is 5.56 Å². The van der Waals surface area contributed by atoms with Gasteiger partial charge in [-0.25, -0.2) is 4.98 Å². The van der Waals surface area contributed by atoms with E-state index in [2.05, 4.69) is 38.5 Å². The molecular formula is C29H25N7O. The van der Waals surface area contributed by atoms with Crippen LogP contribution in [0.25, 0.3) is 5.65 Å². The molecule has 0 aliphatic carbocycles. The molecule has 37 heavy (non-hydrogen) atoms. The summed E-state index contributed by atoms with van der Waals surface area (Å²) < 4.78 is 1.39. The van der Waals surface area contributed by atoms with Gasteiger partial charge in [0.15, 0.2) is 5.65 Å². The Kier molecular flexibility index (Phi) is 5.97. The first-order chi connectivity index (χ1) is 18.2. The lowest BCUT2D eigenvalue weighted by molar-refractivity contribution is 0.241. The Labute approximate surface area is 213 Å². The summed E-state index contributed by atoms with van der Waals surface area (Å²) in [4.78, 5) is 24.5. The van der Waals surface area contributed by atoms with Gasteiger partial charge in [-0.05, 0) is 47.4 Å². The van der Waals surface area contributed by atoms with E-state index < -0.39 is 0 Å². The Morgan fingerprint density at radius 2 is 1.73 bits per heavy atom. The number of pyridine rings is 1. The van der Waals surface area contributed by atoms with E-state index in [9.17, 15) is 10.1 Å². The van der Waals surface area contributed by atoms with Crippen LogP contribution in [0.5, 0.6) is 0 Å². The van der Waals surface area contributed by atoms with Gasteiger partial charge < -0.3 is 5.32 Å². The van der Waals surface area contributed by atoms with Crippen LogP contribution in [0.2, 0.25) is 0 Å². The minimum absolute atomic E-state index is 0.157. The van der Waals surface area contributed by atoms with E-state index in [4.69, 9.17) is 4.98 Å². The van der Waals surface area contributed by atoms with Crippen LogP contribution in [0.15, 0.2) is 83.9 Å². The van der Waals surface area contributed by atoms with E-state index in [0.29, 0.717) is 35.6 Å². The van der Waals surface area contributed by atoms with Crippen molar-refractivity contribution in [1.82, 2.24) is 24.5 Å². The van der Waals surface area contributed by atoms with Gasteiger partial charge in [0.05, 0.1) is 11.3 Å². The second-order valence-corrected chi connectivity index (χ2v) is 9.28. The van der Waals surface area contributed by atoms with Gasteiger partial charge in [-0.2, -0.15) is 9.78 Å². The van der Waals surface area contributed by atoms with Crippen LogP contribution in [0.4, 0.5) is 11.5 Å². The first kappa shape index (κ1) is 22.7. The number of hydrogen-bond donors (Lipinski definition) is 2. The zero-order chi connectivity index (χ0) is 25.2. The standard InChI is InChI=1S/C29H25N7O/c30-17-24-27(32-23-8-6-20(7-9-23)16-21-10-13-31-14-11-21)34-36-28(24)33-26-12-15-35(19-25(26)29(36)37)18-22-4-2-1-3-5-22/h1-11,13-14,32,34H,12,15-16,18-19H2. The molecule has 4 heterocycles. The lowest BCUT2D eigenvalue weighted by Gasteiger charge is -2.27. The Bertz CT molecular complexity index is 1650. The molecule has 3 aromatic heterocycles. The fourth-order valence-corrected chi connectivity index (χ4v) is 4.84. The van der Waals surface area contributed by atoms with Gasteiger partial charge in [0.2, 0.25) is 0 Å². The number of nitriles is 1. The van der Waals surface area contributed by atoms with Gasteiger partial charge >= 0.3 is 0 Å². The number of anilines is 2. The highest BCUT2D eigenvalue weighted by atomic mass is 16.1. The van der Waals surface area contributed by atoms with Crippen LogP contribution in [-0.2, 0) is 25.9 Å². The maximum atomic E-state index is 13.4. The predicted octanol–water partition coefficient (Wildman–Crippen LogP) is 4.18. The number of benzene rings is 2. The fourth-order valence-electron chi connectivity index (χ4n) is 4.84. The molecule has 182 valence electrons. The van der Waals surface area contributed by atoms with Gasteiger partial charge in [0.25, 0.3) is 5.56 Å². The van der Waals surface area contributed by atoms with Crippen molar-refractivity contribution in [2.45, 2.75) is 25.9 Å². The Morgan fingerprint density at radius 1 is 0.973 bits per heavy atom. The highest BCUT2D eigenvalue weighted by molar-refractivity contribution is 5.72. The lowest BCUT2D eigenvalue weighted by atomic mass is 10.1. The molecular weight excluding hydrogens is 462 g/mol. The number of H-pyrrole nitrogens is 1. The molecule has 1 aliphatic rings. The summed E-state index contributed by atoms with van der Waals surface area (Å²) in [6.45, 7) is 2.12. The van der Waals surface area contributed by atoms with Crippen LogP contribution in [0.3, 0.4) is 0 Å². The minimum Gasteiger partial charge on any atom is -0.339 e. The van der Waals surface area contributed by atoms with Crippen LogP contribution < -0.4 is 10.9 Å². The largest absolute Gasteiger partial charge is 0.339 e. The van der Waals surface area contributed by atoms with Crippen molar-refractivity contribution in [3.63, 3.8) is 0 Å². The SMILES string of the molecule is N#Cc1c(Nc2ccc(Cc3ccncc3)cc2)[nH]n2c(=O)c3c(nc12)CCN(Cc1ccccc1)C3. The monoisotopic (exact) mass is 487 g/mol. The van der Waals surface area contributed by atoms with Crippen LogP contribution >= 0.6 is 0 Å². The summed E-state index contributed by atoms with van der Waals surface area (Å²) in [7, 11) is 0. The number of rotatable bonds is 6. The molecule has 0 atom stereocenters. The average Bonchev–Trinajstić information content (AvgIpc) is 3.28. The molecule has 0 amide bonds. The molecule has 0 spiro atoms. The summed E-state index contributed by atoms with van der Waals surface area (Å²) in [6.07, 6.45) is 5.06. The van der Waals surface area contributed by atoms with Crippen molar-refractivity contribution in [3.05, 3.63) is 123 Å². The number of nitrogens with one attached hydrogen (secondary N) is 2. The zero-order valence-corrected chi connectivity index (χ0v) is 20.2. The molecule has 5 aromatic rings. The quantitative estimate of drug-likeness (QED) is 0.373. The van der Waals surface area contributed by atoms with Gasteiger partial charge in [-0.3, -0.25) is 19.8 Å². The van der Waals surface area contributed by atoms with Crippen molar-refractivity contribution in [3.8, 4) is 6.07 Å². The molecule has 8 nitrogen and oxygen atoms in total. The summed E-state index contributed by atoms with van der Waals surface area (Å²) in [5, 5.41) is 16.3. The third-order valence-electron chi connectivity index (χ3n) is 6.75. The van der Waals surface area contributed by atoms with Gasteiger partial charge in [0.1, 0.15) is 17.5 Å². The van der Waals surface area contributed by atoms with Crippen LogP contribution in [0, 0.1) is 11.3 Å². The van der Waals surface area contributed by atoms with Gasteiger partial charge in [0, 0.05) is 44.1 Å². The molecule has 2 N–H and O–H groups in total. The maximum absolute atomic E-state index is 13.4. The van der Waals surface area contributed by atoms with Crippen molar-refractivity contribution in [2.24, 2.45) is 0 Å². The van der Waals surface area contributed by atoms with Crippen molar-refractivity contribution < 1.29 is 0 Å². The molecule has 1 aliphatic heterocycles. The molecule has 0 unspecified atom stereocenters. The highest BCUT2D eigenvalue weighted by Crippen LogP contribution is 2.25. The number of fused-ring (bicyclic) bond motifs is 2. The smallest absolute Gasteiger partial charge is 0.277 e. The lowest BCUT2D eigenvalue weighted by Crippen LogP contribution is -2.36. The summed E-state index contributed by atoms with van der Waals surface area (Å²) in [5.41, 5.74) is 6.36. The van der Waals surface area contributed by atoms with E-state index in [1.54, 1.807) is 12.4 Å². The van der Waals surface area contributed by atoms with Crippen molar-refractivity contribution in [2.75, 3.05) is 11.9 Å². The zero-order valence-electron chi connectivity index (χ0n) is 20.2. The van der Waals surface area contributed by atoms with Crippen LogP contribution in [-0.4, -0.2) is 31.0 Å². The first-order valence-electron chi connectivity index (χ1n) is 12.3. The van der Waals surface area contributed by atoms with E-state index in [1.165, 1.54) is 21.2 Å². The first-order valence-corrected chi connectivity index (χ1v) is 12.3. The van der Waals surface area contributed by atoms with E-state index in [1.807, 2.05) is 54.6 Å².